The summed E-state index contributed by atoms with van der Waals surface area (Å²) in [5.41, 5.74) is 2.28. The number of ether oxygens (including phenoxy) is 1. The van der Waals surface area contributed by atoms with Gasteiger partial charge >= 0.3 is 0 Å². The average Bonchev–Trinajstić information content (AvgIpc) is 2.74. The second-order valence-electron chi connectivity index (χ2n) is 6.77. The van der Waals surface area contributed by atoms with E-state index in [1.165, 1.54) is 18.2 Å². The van der Waals surface area contributed by atoms with Gasteiger partial charge in [-0.15, -0.1) is 0 Å². The van der Waals surface area contributed by atoms with Crippen LogP contribution in [0.4, 0.5) is 10.1 Å². The van der Waals surface area contributed by atoms with Gasteiger partial charge in [0.25, 0.3) is 5.91 Å². The number of hydrogen-bond acceptors (Lipinski definition) is 3. The van der Waals surface area contributed by atoms with Crippen molar-refractivity contribution in [1.29, 1.82) is 5.26 Å². The first-order valence-corrected chi connectivity index (χ1v) is 10.9. The first-order chi connectivity index (χ1) is 15.3. The van der Waals surface area contributed by atoms with Gasteiger partial charge in [0.2, 0.25) is 0 Å². The molecule has 0 aromatic heterocycles. The van der Waals surface area contributed by atoms with E-state index >= 15 is 0 Å². The molecule has 0 heterocycles. The van der Waals surface area contributed by atoms with Crippen LogP contribution in [-0.2, 0) is 11.4 Å². The highest BCUT2D eigenvalue weighted by atomic mass is 79.9. The van der Waals surface area contributed by atoms with E-state index in [2.05, 4.69) is 21.2 Å². The lowest BCUT2D eigenvalue weighted by Crippen LogP contribution is -2.14. The molecule has 0 aliphatic rings. The second kappa shape index (κ2) is 10.6. The van der Waals surface area contributed by atoms with Gasteiger partial charge in [-0.05, 0) is 82.0 Å². The smallest absolute Gasteiger partial charge is 0.266 e. The summed E-state index contributed by atoms with van der Waals surface area (Å²) in [4.78, 5) is 12.6. The highest BCUT2D eigenvalue weighted by molar-refractivity contribution is 9.10. The van der Waals surface area contributed by atoms with Gasteiger partial charge in [0, 0.05) is 10.7 Å². The Morgan fingerprint density at radius 1 is 1.19 bits per heavy atom. The van der Waals surface area contributed by atoms with Gasteiger partial charge in [0.15, 0.2) is 5.75 Å². The Morgan fingerprint density at radius 2 is 1.94 bits per heavy atom. The summed E-state index contributed by atoms with van der Waals surface area (Å²) in [7, 11) is 0. The molecule has 0 saturated carbocycles. The number of anilines is 1. The molecule has 0 bridgehead atoms. The lowest BCUT2D eigenvalue weighted by Gasteiger charge is -2.12. The minimum absolute atomic E-state index is 0.110. The van der Waals surface area contributed by atoms with E-state index in [-0.39, 0.29) is 23.0 Å². The zero-order chi connectivity index (χ0) is 23.3. The van der Waals surface area contributed by atoms with E-state index in [0.717, 1.165) is 0 Å². The Labute approximate surface area is 203 Å². The van der Waals surface area contributed by atoms with Gasteiger partial charge in [-0.25, -0.2) is 4.39 Å². The van der Waals surface area contributed by atoms with Crippen LogP contribution in [0.25, 0.3) is 6.08 Å². The number of nitrogens with one attached hydrogen (secondary N) is 1. The summed E-state index contributed by atoms with van der Waals surface area (Å²) in [5.74, 6) is -0.561. The van der Waals surface area contributed by atoms with E-state index in [1.54, 1.807) is 49.4 Å². The molecule has 0 radical (unpaired) electrons. The fourth-order valence-electron chi connectivity index (χ4n) is 2.83. The summed E-state index contributed by atoms with van der Waals surface area (Å²) >= 11 is 15.8. The third-order valence-electron chi connectivity index (χ3n) is 4.48. The number of benzene rings is 3. The number of nitriles is 1. The minimum atomic E-state index is -0.573. The van der Waals surface area contributed by atoms with E-state index in [9.17, 15) is 14.4 Å². The van der Waals surface area contributed by atoms with Gasteiger partial charge in [-0.1, -0.05) is 41.4 Å². The predicted molar refractivity (Wildman–Crippen MR) is 128 cm³/mol. The Morgan fingerprint density at radius 3 is 2.62 bits per heavy atom. The third kappa shape index (κ3) is 5.89. The average molecular weight is 534 g/mol. The molecular weight excluding hydrogens is 518 g/mol. The monoisotopic (exact) mass is 532 g/mol. The topological polar surface area (TPSA) is 62.1 Å². The van der Waals surface area contributed by atoms with Gasteiger partial charge < -0.3 is 10.1 Å². The summed E-state index contributed by atoms with van der Waals surface area (Å²) in [6.45, 7) is 1.89. The Hall–Kier alpha value is -2.85. The van der Waals surface area contributed by atoms with Crippen LogP contribution >= 0.6 is 39.1 Å². The molecule has 1 N–H and O–H groups in total. The van der Waals surface area contributed by atoms with Crippen molar-refractivity contribution in [2.24, 2.45) is 0 Å². The maximum Gasteiger partial charge on any atom is 0.266 e. The molecule has 0 fully saturated rings. The van der Waals surface area contributed by atoms with Crippen molar-refractivity contribution in [2.75, 3.05) is 5.32 Å². The minimum Gasteiger partial charge on any atom is -0.486 e. The molecule has 0 saturated heterocycles. The van der Waals surface area contributed by atoms with Crippen molar-refractivity contribution in [3.05, 3.63) is 97.2 Å². The SMILES string of the molecule is Cc1c(Cl)cccc1NC(=O)/C(C#N)=C\c1cc(Cl)c(OCc2cccc(F)c2)c(Br)c1. The van der Waals surface area contributed by atoms with Crippen molar-refractivity contribution in [3.63, 3.8) is 0 Å². The molecule has 0 unspecified atom stereocenters. The molecule has 0 aliphatic carbocycles. The lowest BCUT2D eigenvalue weighted by atomic mass is 10.1. The Kier molecular flexibility index (Phi) is 7.92. The fourth-order valence-corrected chi connectivity index (χ4v) is 3.99. The summed E-state index contributed by atoms with van der Waals surface area (Å²) < 4.78 is 19.6. The van der Waals surface area contributed by atoms with Crippen LogP contribution in [0.5, 0.6) is 5.75 Å². The molecular formula is C24H16BrCl2FN2O2. The Balaban J connectivity index is 1.79. The first kappa shape index (κ1) is 23.8. The zero-order valence-corrected chi connectivity index (χ0v) is 19.9. The number of halogens is 4. The predicted octanol–water partition coefficient (Wildman–Crippen LogP) is 7.33. The molecule has 3 aromatic rings. The molecule has 0 atom stereocenters. The van der Waals surface area contributed by atoms with Gasteiger partial charge in [-0.2, -0.15) is 5.26 Å². The molecule has 3 aromatic carbocycles. The van der Waals surface area contributed by atoms with Crippen LogP contribution in [0.2, 0.25) is 10.0 Å². The second-order valence-corrected chi connectivity index (χ2v) is 8.44. The first-order valence-electron chi connectivity index (χ1n) is 9.33. The number of carbonyl (C=O) groups is 1. The fraction of sp³-hybridized carbons (Fsp3) is 0.0833. The number of nitrogens with zero attached hydrogens (tertiary/aromatic N) is 1. The molecule has 0 spiro atoms. The summed E-state index contributed by atoms with van der Waals surface area (Å²) in [6.07, 6.45) is 1.42. The lowest BCUT2D eigenvalue weighted by molar-refractivity contribution is -0.112. The van der Waals surface area contributed by atoms with Crippen molar-refractivity contribution in [2.45, 2.75) is 13.5 Å². The van der Waals surface area contributed by atoms with Crippen molar-refractivity contribution in [3.8, 4) is 11.8 Å². The molecule has 8 heteroatoms. The van der Waals surface area contributed by atoms with Crippen molar-refractivity contribution in [1.82, 2.24) is 0 Å². The van der Waals surface area contributed by atoms with Crippen molar-refractivity contribution >= 4 is 56.8 Å². The van der Waals surface area contributed by atoms with E-state index < -0.39 is 5.91 Å². The maximum atomic E-state index is 13.3. The number of rotatable bonds is 6. The normalized spacial score (nSPS) is 11.1. The van der Waals surface area contributed by atoms with E-state index in [4.69, 9.17) is 27.9 Å². The number of amides is 1. The highest BCUT2D eigenvalue weighted by Gasteiger charge is 2.14. The highest BCUT2D eigenvalue weighted by Crippen LogP contribution is 2.36. The molecule has 4 nitrogen and oxygen atoms in total. The van der Waals surface area contributed by atoms with E-state index in [1.807, 2.05) is 6.07 Å². The number of carbonyl (C=O) groups excluding carboxylic acids is 1. The zero-order valence-electron chi connectivity index (χ0n) is 16.8. The van der Waals surface area contributed by atoms with Gasteiger partial charge in [-0.3, -0.25) is 4.79 Å². The van der Waals surface area contributed by atoms with Crippen LogP contribution in [0.15, 0.2) is 64.6 Å². The van der Waals surface area contributed by atoms with Crippen LogP contribution in [0, 0.1) is 24.1 Å². The summed E-state index contributed by atoms with van der Waals surface area (Å²) in [6, 6.07) is 16.3. The van der Waals surface area contributed by atoms with Crippen LogP contribution in [-0.4, -0.2) is 5.91 Å². The van der Waals surface area contributed by atoms with Gasteiger partial charge in [0.05, 0.1) is 9.50 Å². The molecule has 1 amide bonds. The van der Waals surface area contributed by atoms with Gasteiger partial charge in [0.1, 0.15) is 24.1 Å². The Bertz CT molecular complexity index is 1230. The van der Waals surface area contributed by atoms with Crippen LogP contribution in [0.3, 0.4) is 0 Å². The molecule has 162 valence electrons. The summed E-state index contributed by atoms with van der Waals surface area (Å²) in [5, 5.41) is 13.0. The van der Waals surface area contributed by atoms with Crippen molar-refractivity contribution < 1.29 is 13.9 Å². The standard InChI is InChI=1S/C24H16BrCl2FN2O2/c1-14-20(26)6-3-7-22(14)30-24(31)17(12-29)8-16-10-19(25)23(21(27)11-16)32-13-15-4-2-5-18(28)9-15/h2-11H,13H2,1H3,(H,30,31)/b17-8-. The third-order valence-corrected chi connectivity index (χ3v) is 5.76. The van der Waals surface area contributed by atoms with Crippen LogP contribution in [0.1, 0.15) is 16.7 Å². The van der Waals surface area contributed by atoms with E-state index in [0.29, 0.717) is 37.6 Å². The molecule has 32 heavy (non-hydrogen) atoms. The largest absolute Gasteiger partial charge is 0.486 e. The quantitative estimate of drug-likeness (QED) is 0.266. The number of hydrogen-bond donors (Lipinski definition) is 1. The van der Waals surface area contributed by atoms with Crippen LogP contribution < -0.4 is 10.1 Å². The molecule has 0 aliphatic heterocycles. The maximum absolute atomic E-state index is 13.3. The molecule has 3 rings (SSSR count).